The lowest BCUT2D eigenvalue weighted by Crippen LogP contribution is -2.33. The van der Waals surface area contributed by atoms with Crippen LogP contribution in [-0.4, -0.2) is 23.9 Å². The van der Waals surface area contributed by atoms with E-state index in [1.807, 2.05) is 4.90 Å². The molecule has 1 saturated heterocycles. The summed E-state index contributed by atoms with van der Waals surface area (Å²) in [5.41, 5.74) is 2.50. The summed E-state index contributed by atoms with van der Waals surface area (Å²) in [6.07, 6.45) is 4.76. The normalized spacial score (nSPS) is 18.8. The van der Waals surface area contributed by atoms with Gasteiger partial charge >= 0.3 is 0 Å². The van der Waals surface area contributed by atoms with Gasteiger partial charge < -0.3 is 10.2 Å². The standard InChI is InChI=1S/C26H32N4O3S/c1-16-9-11-29(12-10-16)21-8-5-17(13-22(21)30(32)33)24(31)28-25-20(15-27)19-7-6-18(26(2,3)4)14-23(19)34-25/h5,8,13,16,18H,6-7,9-12,14H2,1-4H3,(H,28,31). The Hall–Kier alpha value is -2.92. The highest BCUT2D eigenvalue weighted by Gasteiger charge is 2.33. The lowest BCUT2D eigenvalue weighted by molar-refractivity contribution is -0.384. The summed E-state index contributed by atoms with van der Waals surface area (Å²) in [4.78, 5) is 27.7. The van der Waals surface area contributed by atoms with E-state index >= 15 is 0 Å². The number of fused-ring (bicyclic) bond motifs is 1. The monoisotopic (exact) mass is 480 g/mol. The van der Waals surface area contributed by atoms with Gasteiger partial charge in [0.2, 0.25) is 0 Å². The van der Waals surface area contributed by atoms with Gasteiger partial charge in [-0.1, -0.05) is 27.7 Å². The molecule has 1 N–H and O–H groups in total. The van der Waals surface area contributed by atoms with Gasteiger partial charge in [-0.2, -0.15) is 5.26 Å². The molecule has 180 valence electrons. The van der Waals surface area contributed by atoms with Crippen molar-refractivity contribution < 1.29 is 9.72 Å². The fraction of sp³-hybridized carbons (Fsp3) is 0.538. The van der Waals surface area contributed by atoms with Crippen LogP contribution in [0.25, 0.3) is 0 Å². The number of rotatable bonds is 4. The first-order valence-corrected chi connectivity index (χ1v) is 12.8. The zero-order valence-electron chi connectivity index (χ0n) is 20.3. The second-order valence-corrected chi connectivity index (χ2v) is 11.8. The maximum Gasteiger partial charge on any atom is 0.293 e. The predicted molar refractivity (Wildman–Crippen MR) is 136 cm³/mol. The van der Waals surface area contributed by atoms with Crippen molar-refractivity contribution in [3.63, 3.8) is 0 Å². The number of carbonyl (C=O) groups is 1. The van der Waals surface area contributed by atoms with Crippen LogP contribution in [0.2, 0.25) is 0 Å². The summed E-state index contributed by atoms with van der Waals surface area (Å²) in [7, 11) is 0. The number of nitriles is 1. The molecule has 4 rings (SSSR count). The zero-order chi connectivity index (χ0) is 24.6. The van der Waals surface area contributed by atoms with E-state index < -0.39 is 10.8 Å². The molecule has 1 aliphatic heterocycles. The second kappa shape index (κ2) is 9.38. The summed E-state index contributed by atoms with van der Waals surface area (Å²) in [5, 5.41) is 25.0. The Balaban J connectivity index is 1.58. The number of piperidine rings is 1. The number of nitro groups is 1. The number of benzene rings is 1. The molecule has 0 bridgehead atoms. The van der Waals surface area contributed by atoms with E-state index in [-0.39, 0.29) is 16.7 Å². The quantitative estimate of drug-likeness (QED) is 0.417. The molecule has 2 aliphatic rings. The number of anilines is 2. The number of amides is 1. The predicted octanol–water partition coefficient (Wildman–Crippen LogP) is 6.17. The van der Waals surface area contributed by atoms with E-state index in [0.29, 0.717) is 28.1 Å². The van der Waals surface area contributed by atoms with E-state index in [4.69, 9.17) is 0 Å². The second-order valence-electron chi connectivity index (χ2n) is 10.7. The topological polar surface area (TPSA) is 99.3 Å². The van der Waals surface area contributed by atoms with Crippen molar-refractivity contribution in [2.45, 2.75) is 59.8 Å². The Labute approximate surface area is 204 Å². The lowest BCUT2D eigenvalue weighted by Gasteiger charge is -2.33. The van der Waals surface area contributed by atoms with Crippen molar-refractivity contribution in [1.82, 2.24) is 0 Å². The van der Waals surface area contributed by atoms with Crippen LogP contribution in [0.4, 0.5) is 16.4 Å². The third-order valence-corrected chi connectivity index (χ3v) is 8.56. The van der Waals surface area contributed by atoms with Crippen molar-refractivity contribution in [1.29, 1.82) is 5.26 Å². The van der Waals surface area contributed by atoms with Crippen molar-refractivity contribution in [2.24, 2.45) is 17.3 Å². The molecule has 34 heavy (non-hydrogen) atoms. The zero-order valence-corrected chi connectivity index (χ0v) is 21.1. The van der Waals surface area contributed by atoms with Crippen LogP contribution >= 0.6 is 11.3 Å². The largest absolute Gasteiger partial charge is 0.366 e. The third kappa shape index (κ3) is 4.80. The maximum absolute atomic E-state index is 13.1. The highest BCUT2D eigenvalue weighted by molar-refractivity contribution is 7.16. The van der Waals surface area contributed by atoms with Gasteiger partial charge in [-0.15, -0.1) is 11.3 Å². The van der Waals surface area contributed by atoms with Gasteiger partial charge in [0.15, 0.2) is 0 Å². The van der Waals surface area contributed by atoms with Crippen LogP contribution in [0.3, 0.4) is 0 Å². The lowest BCUT2D eigenvalue weighted by atomic mass is 9.72. The van der Waals surface area contributed by atoms with Crippen molar-refractivity contribution >= 4 is 33.6 Å². The third-order valence-electron chi connectivity index (χ3n) is 7.39. The Morgan fingerprint density at radius 1 is 1.26 bits per heavy atom. The average Bonchev–Trinajstić information content (AvgIpc) is 3.14. The smallest absolute Gasteiger partial charge is 0.293 e. The average molecular weight is 481 g/mol. The van der Waals surface area contributed by atoms with E-state index in [9.17, 15) is 20.2 Å². The molecule has 1 amide bonds. The molecule has 2 heterocycles. The molecular weight excluding hydrogens is 448 g/mol. The van der Waals surface area contributed by atoms with Crippen LogP contribution < -0.4 is 10.2 Å². The molecule has 1 unspecified atom stereocenters. The number of hydrogen-bond acceptors (Lipinski definition) is 6. The maximum atomic E-state index is 13.1. The molecular formula is C26H32N4O3S. The van der Waals surface area contributed by atoms with Gasteiger partial charge in [-0.25, -0.2) is 0 Å². The van der Waals surface area contributed by atoms with Crippen molar-refractivity contribution in [3.05, 3.63) is 49.9 Å². The molecule has 0 radical (unpaired) electrons. The van der Waals surface area contributed by atoms with Crippen molar-refractivity contribution in [2.75, 3.05) is 23.3 Å². The molecule has 0 saturated carbocycles. The molecule has 8 heteroatoms. The fourth-order valence-corrected chi connectivity index (χ4v) is 6.31. The molecule has 1 aromatic carbocycles. The van der Waals surface area contributed by atoms with E-state index in [0.717, 1.165) is 50.8 Å². The van der Waals surface area contributed by atoms with Gasteiger partial charge in [0.05, 0.1) is 10.5 Å². The Morgan fingerprint density at radius 2 is 1.97 bits per heavy atom. The minimum atomic E-state index is -0.426. The minimum Gasteiger partial charge on any atom is -0.366 e. The summed E-state index contributed by atoms with van der Waals surface area (Å²) < 4.78 is 0. The summed E-state index contributed by atoms with van der Waals surface area (Å²) in [5.74, 6) is 0.719. The SMILES string of the molecule is CC1CCN(c2ccc(C(=O)Nc3sc4c(c3C#N)CCC(C(C)(C)C)C4)cc2[N+](=O)[O-])CC1. The van der Waals surface area contributed by atoms with Gasteiger partial charge in [-0.05, 0) is 67.1 Å². The number of nitrogens with zero attached hydrogens (tertiary/aromatic N) is 3. The van der Waals surface area contributed by atoms with E-state index in [2.05, 4.69) is 39.1 Å². The number of nitro benzene ring substituents is 1. The molecule has 2 aromatic rings. The minimum absolute atomic E-state index is 0.0544. The molecule has 7 nitrogen and oxygen atoms in total. The van der Waals surface area contributed by atoms with E-state index in [1.54, 1.807) is 12.1 Å². The van der Waals surface area contributed by atoms with Crippen LogP contribution in [0.15, 0.2) is 18.2 Å². The number of hydrogen-bond donors (Lipinski definition) is 1. The Kier molecular flexibility index (Phi) is 6.68. The van der Waals surface area contributed by atoms with Gasteiger partial charge in [0.1, 0.15) is 16.8 Å². The van der Waals surface area contributed by atoms with Crippen molar-refractivity contribution in [3.8, 4) is 6.07 Å². The fourth-order valence-electron chi connectivity index (χ4n) is 5.03. The van der Waals surface area contributed by atoms with Crippen LogP contribution in [0.1, 0.15) is 73.3 Å². The molecule has 1 atom stereocenters. The molecule has 1 aliphatic carbocycles. The van der Waals surface area contributed by atoms with E-state index in [1.165, 1.54) is 22.3 Å². The number of thiophene rings is 1. The summed E-state index contributed by atoms with van der Waals surface area (Å²) in [6.45, 7) is 10.5. The first kappa shape index (κ1) is 24.2. The van der Waals surface area contributed by atoms with Crippen LogP contribution in [-0.2, 0) is 12.8 Å². The van der Waals surface area contributed by atoms with Gasteiger partial charge in [0, 0.05) is 29.6 Å². The summed E-state index contributed by atoms with van der Waals surface area (Å²) in [6, 6.07) is 6.97. The Morgan fingerprint density at radius 3 is 2.59 bits per heavy atom. The number of carbonyl (C=O) groups excluding carboxylic acids is 1. The first-order valence-electron chi connectivity index (χ1n) is 12.0. The molecule has 1 fully saturated rings. The van der Waals surface area contributed by atoms with Crippen LogP contribution in [0.5, 0.6) is 0 Å². The van der Waals surface area contributed by atoms with Gasteiger partial charge in [-0.3, -0.25) is 14.9 Å². The molecule has 1 aromatic heterocycles. The van der Waals surface area contributed by atoms with Crippen LogP contribution in [0, 0.1) is 38.7 Å². The van der Waals surface area contributed by atoms with Gasteiger partial charge in [0.25, 0.3) is 11.6 Å². The summed E-state index contributed by atoms with van der Waals surface area (Å²) >= 11 is 1.47. The first-order chi connectivity index (χ1) is 16.1. The molecule has 0 spiro atoms. The number of nitrogens with one attached hydrogen (secondary N) is 1. The Bertz CT molecular complexity index is 1150. The highest BCUT2D eigenvalue weighted by Crippen LogP contribution is 2.44. The highest BCUT2D eigenvalue weighted by atomic mass is 32.1.